The summed E-state index contributed by atoms with van der Waals surface area (Å²) >= 11 is 0. The molecule has 130 valence electrons. The van der Waals surface area contributed by atoms with Crippen molar-refractivity contribution in [3.8, 4) is 0 Å². The zero-order valence-electron chi connectivity index (χ0n) is 13.5. The highest BCUT2D eigenvalue weighted by Crippen LogP contribution is 2.20. The summed E-state index contributed by atoms with van der Waals surface area (Å²) < 4.78 is 55.2. The summed E-state index contributed by atoms with van der Waals surface area (Å²) in [5.74, 6) is -1.40. The second-order valence-electron chi connectivity index (χ2n) is 5.99. The van der Waals surface area contributed by atoms with E-state index < -0.39 is 21.8 Å². The van der Waals surface area contributed by atoms with E-state index in [2.05, 4.69) is 0 Å². The van der Waals surface area contributed by atoms with E-state index in [9.17, 15) is 17.2 Å². The van der Waals surface area contributed by atoms with E-state index in [1.54, 1.807) is 0 Å². The monoisotopic (exact) mass is 347 g/mol. The zero-order valence-corrected chi connectivity index (χ0v) is 14.3. The molecule has 1 heterocycles. The summed E-state index contributed by atoms with van der Waals surface area (Å²) in [5.41, 5.74) is 0.174. The Hall–Kier alpha value is -1.09. The van der Waals surface area contributed by atoms with Gasteiger partial charge in [0, 0.05) is 44.4 Å². The quantitative estimate of drug-likeness (QED) is 0.754. The van der Waals surface area contributed by atoms with E-state index in [1.165, 1.54) is 14.7 Å². The van der Waals surface area contributed by atoms with Gasteiger partial charge in [-0.1, -0.05) is 6.07 Å². The molecule has 2 rings (SSSR count). The van der Waals surface area contributed by atoms with Gasteiger partial charge in [0.15, 0.2) is 0 Å². The Morgan fingerprint density at radius 2 is 1.78 bits per heavy atom. The second-order valence-corrected chi connectivity index (χ2v) is 7.91. The van der Waals surface area contributed by atoms with Crippen molar-refractivity contribution in [3.05, 3.63) is 35.4 Å². The number of halogens is 2. The molecule has 1 saturated heterocycles. The van der Waals surface area contributed by atoms with Gasteiger partial charge in [0.25, 0.3) is 10.2 Å². The van der Waals surface area contributed by atoms with Crippen LogP contribution in [0.4, 0.5) is 8.78 Å². The third-order valence-corrected chi connectivity index (χ3v) is 5.86. The molecule has 8 heteroatoms. The van der Waals surface area contributed by atoms with E-state index in [-0.39, 0.29) is 18.7 Å². The number of benzene rings is 1. The average Bonchev–Trinajstić information content (AvgIpc) is 2.99. The lowest BCUT2D eigenvalue weighted by Crippen LogP contribution is -2.44. The van der Waals surface area contributed by atoms with E-state index >= 15 is 0 Å². The highest BCUT2D eigenvalue weighted by atomic mass is 32.2. The Kier molecular flexibility index (Phi) is 6.07. The molecule has 0 radical (unpaired) electrons. The zero-order chi connectivity index (χ0) is 17.0. The van der Waals surface area contributed by atoms with Crippen molar-refractivity contribution >= 4 is 10.2 Å². The Labute approximate surface area is 136 Å². The van der Waals surface area contributed by atoms with Gasteiger partial charge in [0.05, 0.1) is 0 Å². The number of nitrogens with zero attached hydrogens (tertiary/aromatic N) is 3. The molecule has 0 amide bonds. The van der Waals surface area contributed by atoms with Crippen molar-refractivity contribution in [1.82, 2.24) is 13.5 Å². The SMILES string of the molecule is CN(C)CCN(Cc1ccc(F)cc1F)S(=O)(=O)N1CCCC1. The summed E-state index contributed by atoms with van der Waals surface area (Å²) in [6, 6.07) is 3.22. The first-order chi connectivity index (χ1) is 10.8. The van der Waals surface area contributed by atoms with Crippen LogP contribution in [0, 0.1) is 11.6 Å². The van der Waals surface area contributed by atoms with Crippen LogP contribution < -0.4 is 0 Å². The molecule has 23 heavy (non-hydrogen) atoms. The van der Waals surface area contributed by atoms with E-state index in [4.69, 9.17) is 0 Å². The van der Waals surface area contributed by atoms with Crippen molar-refractivity contribution in [2.24, 2.45) is 0 Å². The molecule has 0 bridgehead atoms. The molecule has 1 aliphatic heterocycles. The molecule has 0 saturated carbocycles. The van der Waals surface area contributed by atoms with E-state index in [1.807, 2.05) is 19.0 Å². The largest absolute Gasteiger partial charge is 0.308 e. The molecule has 0 unspecified atom stereocenters. The predicted octanol–water partition coefficient (Wildman–Crippen LogP) is 1.67. The third-order valence-electron chi connectivity index (χ3n) is 3.88. The summed E-state index contributed by atoms with van der Waals surface area (Å²) in [5, 5.41) is 0. The minimum atomic E-state index is -3.64. The first-order valence-corrected chi connectivity index (χ1v) is 9.04. The summed E-state index contributed by atoms with van der Waals surface area (Å²) in [6.07, 6.45) is 1.68. The molecule has 1 aromatic rings. The maximum Gasteiger partial charge on any atom is 0.282 e. The van der Waals surface area contributed by atoms with E-state index in [0.717, 1.165) is 25.0 Å². The highest BCUT2D eigenvalue weighted by Gasteiger charge is 2.32. The fraction of sp³-hybridized carbons (Fsp3) is 0.600. The molecule has 1 aliphatic rings. The maximum absolute atomic E-state index is 13.9. The minimum absolute atomic E-state index is 0.0984. The number of rotatable bonds is 7. The lowest BCUT2D eigenvalue weighted by molar-refractivity contribution is 0.306. The van der Waals surface area contributed by atoms with Gasteiger partial charge in [-0.05, 0) is 33.0 Å². The van der Waals surface area contributed by atoms with Crippen LogP contribution in [-0.2, 0) is 16.8 Å². The van der Waals surface area contributed by atoms with Gasteiger partial charge in [0.1, 0.15) is 11.6 Å². The first-order valence-electron chi connectivity index (χ1n) is 7.64. The fourth-order valence-corrected chi connectivity index (χ4v) is 4.17. The summed E-state index contributed by atoms with van der Waals surface area (Å²) in [7, 11) is 0.0508. The van der Waals surface area contributed by atoms with Gasteiger partial charge in [-0.3, -0.25) is 0 Å². The van der Waals surface area contributed by atoms with Gasteiger partial charge in [-0.2, -0.15) is 17.0 Å². The number of hydrogen-bond donors (Lipinski definition) is 0. The minimum Gasteiger partial charge on any atom is -0.308 e. The standard InChI is InChI=1S/C15H23F2N3O2S/c1-18(2)9-10-20(23(21,22)19-7-3-4-8-19)12-13-5-6-14(16)11-15(13)17/h5-6,11H,3-4,7-10,12H2,1-2H3. The smallest absolute Gasteiger partial charge is 0.282 e. The fourth-order valence-electron chi connectivity index (χ4n) is 2.51. The van der Waals surface area contributed by atoms with Crippen LogP contribution in [0.2, 0.25) is 0 Å². The van der Waals surface area contributed by atoms with Crippen LogP contribution >= 0.6 is 0 Å². The Morgan fingerprint density at radius 3 is 2.35 bits per heavy atom. The summed E-state index contributed by atoms with van der Waals surface area (Å²) in [6.45, 7) is 1.66. The number of likely N-dealkylation sites (N-methyl/N-ethyl adjacent to an activating group) is 1. The van der Waals surface area contributed by atoms with Crippen LogP contribution in [0.5, 0.6) is 0 Å². The van der Waals surface area contributed by atoms with E-state index in [0.29, 0.717) is 19.6 Å². The molecule has 0 aromatic heterocycles. The van der Waals surface area contributed by atoms with Gasteiger partial charge in [-0.15, -0.1) is 0 Å². The molecule has 0 N–H and O–H groups in total. The van der Waals surface area contributed by atoms with Gasteiger partial charge in [-0.25, -0.2) is 8.78 Å². The lowest BCUT2D eigenvalue weighted by Gasteiger charge is -2.28. The Morgan fingerprint density at radius 1 is 1.13 bits per heavy atom. The number of hydrogen-bond acceptors (Lipinski definition) is 3. The van der Waals surface area contributed by atoms with Crippen molar-refractivity contribution in [2.45, 2.75) is 19.4 Å². The Bertz CT molecular complexity index is 632. The highest BCUT2D eigenvalue weighted by molar-refractivity contribution is 7.86. The van der Waals surface area contributed by atoms with Crippen molar-refractivity contribution in [1.29, 1.82) is 0 Å². The van der Waals surface area contributed by atoms with Crippen LogP contribution in [0.15, 0.2) is 18.2 Å². The van der Waals surface area contributed by atoms with Crippen molar-refractivity contribution < 1.29 is 17.2 Å². The third kappa shape index (κ3) is 4.69. The van der Waals surface area contributed by atoms with Crippen molar-refractivity contribution in [3.63, 3.8) is 0 Å². The van der Waals surface area contributed by atoms with Gasteiger partial charge >= 0.3 is 0 Å². The van der Waals surface area contributed by atoms with Gasteiger partial charge in [0.2, 0.25) is 0 Å². The molecular weight excluding hydrogens is 324 g/mol. The van der Waals surface area contributed by atoms with Gasteiger partial charge < -0.3 is 4.90 Å². The Balaban J connectivity index is 2.22. The molecule has 0 atom stereocenters. The first kappa shape index (κ1) is 18.3. The van der Waals surface area contributed by atoms with Crippen LogP contribution in [0.25, 0.3) is 0 Å². The molecule has 0 aliphatic carbocycles. The normalized spacial score (nSPS) is 16.6. The summed E-state index contributed by atoms with van der Waals surface area (Å²) in [4.78, 5) is 1.87. The van der Waals surface area contributed by atoms with Crippen molar-refractivity contribution in [2.75, 3.05) is 40.3 Å². The maximum atomic E-state index is 13.9. The second kappa shape index (κ2) is 7.65. The molecule has 5 nitrogen and oxygen atoms in total. The van der Waals surface area contributed by atoms with Crippen LogP contribution in [0.3, 0.4) is 0 Å². The molecule has 1 aromatic carbocycles. The lowest BCUT2D eigenvalue weighted by atomic mass is 10.2. The molecule has 0 spiro atoms. The van der Waals surface area contributed by atoms with Crippen LogP contribution in [0.1, 0.15) is 18.4 Å². The molecule has 1 fully saturated rings. The molecular formula is C15H23F2N3O2S. The average molecular weight is 347 g/mol. The topological polar surface area (TPSA) is 43.9 Å². The predicted molar refractivity (Wildman–Crippen MR) is 85.0 cm³/mol. The van der Waals surface area contributed by atoms with Crippen LogP contribution in [-0.4, -0.2) is 62.2 Å².